The molecule has 21 heavy (non-hydrogen) atoms. The van der Waals surface area contributed by atoms with Crippen molar-refractivity contribution < 1.29 is 0 Å². The molecule has 1 fully saturated rings. The lowest BCUT2D eigenvalue weighted by Crippen LogP contribution is -2.18. The Morgan fingerprint density at radius 2 is 1.67 bits per heavy atom. The molecule has 0 atom stereocenters. The lowest BCUT2D eigenvalue weighted by molar-refractivity contribution is 0.443. The highest BCUT2D eigenvalue weighted by molar-refractivity contribution is 7.97. The monoisotopic (exact) mass is 298 g/mol. The Kier molecular flexibility index (Phi) is 4.96. The van der Waals surface area contributed by atoms with E-state index in [1.807, 2.05) is 11.9 Å². The summed E-state index contributed by atoms with van der Waals surface area (Å²) in [5.74, 6) is 0.893. The Morgan fingerprint density at radius 3 is 2.29 bits per heavy atom. The van der Waals surface area contributed by atoms with Gasteiger partial charge in [0.1, 0.15) is 0 Å². The molecule has 110 valence electrons. The Balaban J connectivity index is 1.66. The summed E-state index contributed by atoms with van der Waals surface area (Å²) < 4.78 is 2.49. The maximum Gasteiger partial charge on any atom is 0.0344 e. The molecular formula is C18H22N2S. The van der Waals surface area contributed by atoms with E-state index in [-0.39, 0.29) is 0 Å². The first-order valence-corrected chi connectivity index (χ1v) is 8.36. The van der Waals surface area contributed by atoms with Gasteiger partial charge in [0.05, 0.1) is 0 Å². The molecule has 3 heteroatoms. The molecule has 2 N–H and O–H groups in total. The third-order valence-corrected chi connectivity index (χ3v) is 4.77. The van der Waals surface area contributed by atoms with E-state index in [9.17, 15) is 0 Å². The molecule has 0 saturated heterocycles. The Labute approximate surface area is 131 Å². The lowest BCUT2D eigenvalue weighted by Gasteiger charge is -2.21. The molecule has 2 aromatic rings. The Hall–Kier alpha value is -1.29. The highest BCUT2D eigenvalue weighted by Crippen LogP contribution is 2.34. The van der Waals surface area contributed by atoms with Gasteiger partial charge in [0.25, 0.3) is 0 Å². The zero-order chi connectivity index (χ0) is 14.5. The van der Waals surface area contributed by atoms with Crippen LogP contribution in [0.1, 0.15) is 24.0 Å². The van der Waals surface area contributed by atoms with Crippen LogP contribution in [-0.4, -0.2) is 10.8 Å². The van der Waals surface area contributed by atoms with Crippen LogP contribution in [0.2, 0.25) is 0 Å². The van der Waals surface area contributed by atoms with Gasteiger partial charge in [0.2, 0.25) is 0 Å². The highest BCUT2D eigenvalue weighted by Gasteiger charge is 2.24. The summed E-state index contributed by atoms with van der Waals surface area (Å²) >= 11 is 1.86. The molecule has 2 aromatic carbocycles. The molecule has 0 aromatic heterocycles. The van der Waals surface area contributed by atoms with Crippen molar-refractivity contribution in [2.24, 2.45) is 11.7 Å². The normalized spacial score (nSPS) is 14.6. The van der Waals surface area contributed by atoms with Crippen molar-refractivity contribution in [1.82, 2.24) is 4.31 Å². The average Bonchev–Trinajstić information content (AvgIpc) is 3.33. The minimum Gasteiger partial charge on any atom is -0.326 e. The summed E-state index contributed by atoms with van der Waals surface area (Å²) in [4.78, 5) is 1.30. The number of hydrogen-bond donors (Lipinski definition) is 1. The average molecular weight is 298 g/mol. The van der Waals surface area contributed by atoms with Crippen LogP contribution in [0.5, 0.6) is 0 Å². The minimum absolute atomic E-state index is 0.612. The number of rotatable bonds is 7. The predicted molar refractivity (Wildman–Crippen MR) is 89.8 cm³/mol. The maximum absolute atomic E-state index is 5.66. The molecule has 0 unspecified atom stereocenters. The minimum atomic E-state index is 0.612. The van der Waals surface area contributed by atoms with E-state index in [1.54, 1.807) is 0 Å². The molecule has 0 bridgehead atoms. The van der Waals surface area contributed by atoms with Gasteiger partial charge in [-0.2, -0.15) is 0 Å². The second-order valence-corrected chi connectivity index (χ2v) is 6.86. The fraction of sp³-hybridized carbons (Fsp3) is 0.333. The number of hydrogen-bond acceptors (Lipinski definition) is 3. The van der Waals surface area contributed by atoms with Gasteiger partial charge in [-0.3, -0.25) is 0 Å². The van der Waals surface area contributed by atoms with Crippen molar-refractivity contribution in [3.8, 4) is 0 Å². The smallest absolute Gasteiger partial charge is 0.0344 e. The molecule has 1 aliphatic carbocycles. The first kappa shape index (κ1) is 14.6. The van der Waals surface area contributed by atoms with Crippen LogP contribution in [0.4, 0.5) is 0 Å². The van der Waals surface area contributed by atoms with Crippen LogP contribution in [0.15, 0.2) is 59.5 Å². The molecule has 1 aliphatic rings. The lowest BCUT2D eigenvalue weighted by atomic mass is 10.2. The SMILES string of the molecule is NCc1ccc(SN(Cc2ccccc2)CC2CC2)cc1. The van der Waals surface area contributed by atoms with E-state index < -0.39 is 0 Å². The van der Waals surface area contributed by atoms with Gasteiger partial charge in [-0.25, -0.2) is 4.31 Å². The summed E-state index contributed by atoms with van der Waals surface area (Å²) in [6.45, 7) is 2.79. The largest absolute Gasteiger partial charge is 0.326 e. The second-order valence-electron chi connectivity index (χ2n) is 5.69. The maximum atomic E-state index is 5.66. The molecule has 2 nitrogen and oxygen atoms in total. The third kappa shape index (κ3) is 4.60. The molecule has 0 heterocycles. The fourth-order valence-corrected chi connectivity index (χ4v) is 3.40. The van der Waals surface area contributed by atoms with Crippen LogP contribution in [0.3, 0.4) is 0 Å². The second kappa shape index (κ2) is 7.12. The summed E-state index contributed by atoms with van der Waals surface area (Å²) in [6, 6.07) is 19.3. The quantitative estimate of drug-likeness (QED) is 0.781. The van der Waals surface area contributed by atoms with Crippen molar-refractivity contribution >= 4 is 11.9 Å². The van der Waals surface area contributed by atoms with Crippen LogP contribution in [0, 0.1) is 5.92 Å². The zero-order valence-electron chi connectivity index (χ0n) is 12.2. The Morgan fingerprint density at radius 1 is 0.952 bits per heavy atom. The zero-order valence-corrected chi connectivity index (χ0v) is 13.1. The van der Waals surface area contributed by atoms with Crippen molar-refractivity contribution in [1.29, 1.82) is 0 Å². The van der Waals surface area contributed by atoms with Gasteiger partial charge in [-0.1, -0.05) is 42.5 Å². The fourth-order valence-electron chi connectivity index (χ4n) is 2.35. The molecular weight excluding hydrogens is 276 g/mol. The number of benzene rings is 2. The standard InChI is InChI=1S/C18H22N2S/c19-12-15-8-10-18(11-9-15)21-20(14-17-6-7-17)13-16-4-2-1-3-5-16/h1-5,8-11,17H,6-7,12-14,19H2. The van der Waals surface area contributed by atoms with Gasteiger partial charge in [-0.15, -0.1) is 0 Å². The van der Waals surface area contributed by atoms with E-state index in [1.165, 1.54) is 35.4 Å². The van der Waals surface area contributed by atoms with Crippen molar-refractivity contribution in [3.05, 3.63) is 65.7 Å². The molecule has 0 radical (unpaired) electrons. The molecule has 3 rings (SSSR count). The summed E-state index contributed by atoms with van der Waals surface area (Å²) in [7, 11) is 0. The summed E-state index contributed by atoms with van der Waals surface area (Å²) in [6.07, 6.45) is 2.77. The van der Waals surface area contributed by atoms with Gasteiger partial charge in [0.15, 0.2) is 0 Å². The third-order valence-electron chi connectivity index (χ3n) is 3.75. The first-order valence-electron chi connectivity index (χ1n) is 7.59. The summed E-state index contributed by atoms with van der Waals surface area (Å²) in [5, 5.41) is 0. The summed E-state index contributed by atoms with van der Waals surface area (Å²) in [5.41, 5.74) is 8.23. The van der Waals surface area contributed by atoms with Gasteiger partial charge in [0, 0.05) is 24.5 Å². The Bertz CT molecular complexity index is 549. The van der Waals surface area contributed by atoms with E-state index in [2.05, 4.69) is 58.9 Å². The van der Waals surface area contributed by atoms with E-state index >= 15 is 0 Å². The molecule has 0 amide bonds. The topological polar surface area (TPSA) is 29.3 Å². The van der Waals surface area contributed by atoms with Crippen molar-refractivity contribution in [3.63, 3.8) is 0 Å². The highest BCUT2D eigenvalue weighted by atomic mass is 32.2. The van der Waals surface area contributed by atoms with Crippen LogP contribution < -0.4 is 5.73 Å². The van der Waals surface area contributed by atoms with Gasteiger partial charge < -0.3 is 5.73 Å². The molecule has 1 saturated carbocycles. The number of nitrogens with zero attached hydrogens (tertiary/aromatic N) is 1. The van der Waals surface area contributed by atoms with Crippen LogP contribution >= 0.6 is 11.9 Å². The van der Waals surface area contributed by atoms with Gasteiger partial charge >= 0.3 is 0 Å². The predicted octanol–water partition coefficient (Wildman–Crippen LogP) is 4.06. The van der Waals surface area contributed by atoms with E-state index in [4.69, 9.17) is 5.73 Å². The van der Waals surface area contributed by atoms with Crippen molar-refractivity contribution in [2.45, 2.75) is 30.8 Å². The first-order chi connectivity index (χ1) is 10.3. The molecule has 0 aliphatic heterocycles. The van der Waals surface area contributed by atoms with Gasteiger partial charge in [-0.05, 0) is 54.0 Å². The molecule has 0 spiro atoms. The number of nitrogens with two attached hydrogens (primary N) is 1. The van der Waals surface area contributed by atoms with E-state index in [0.717, 1.165) is 12.5 Å². The van der Waals surface area contributed by atoms with Crippen molar-refractivity contribution in [2.75, 3.05) is 6.54 Å². The van der Waals surface area contributed by atoms with E-state index in [0.29, 0.717) is 6.54 Å². The van der Waals surface area contributed by atoms with Crippen LogP contribution in [-0.2, 0) is 13.1 Å². The van der Waals surface area contributed by atoms with Crippen LogP contribution in [0.25, 0.3) is 0 Å².